The second-order valence-corrected chi connectivity index (χ2v) is 4.42. The van der Waals surface area contributed by atoms with Gasteiger partial charge in [0.1, 0.15) is 0 Å². The second-order valence-electron chi connectivity index (χ2n) is 4.42. The molecule has 0 fully saturated rings. The van der Waals surface area contributed by atoms with Crippen LogP contribution in [0.15, 0.2) is 36.5 Å². The topological polar surface area (TPSA) is 44.9 Å². The highest BCUT2D eigenvalue weighted by molar-refractivity contribution is 5.98. The average molecular weight is 226 g/mol. The molecule has 1 aliphatic heterocycles. The minimum atomic E-state index is 0.0333. The third-order valence-corrected chi connectivity index (χ3v) is 3.38. The maximum Gasteiger partial charge on any atom is 0.253 e. The van der Waals surface area contributed by atoms with Crippen molar-refractivity contribution in [3.05, 3.63) is 58.9 Å². The van der Waals surface area contributed by atoms with Gasteiger partial charge in [0.25, 0.3) is 5.91 Å². The number of hydrogen-bond acceptors (Lipinski definition) is 1. The largest absolute Gasteiger partial charge is 0.364 e. The lowest BCUT2D eigenvalue weighted by molar-refractivity contribution is 0.0942. The summed E-state index contributed by atoms with van der Waals surface area (Å²) in [5.41, 5.74) is 4.11. The highest BCUT2D eigenvalue weighted by Crippen LogP contribution is 2.31. The van der Waals surface area contributed by atoms with Crippen LogP contribution in [0.3, 0.4) is 0 Å². The Morgan fingerprint density at radius 3 is 2.76 bits per heavy atom. The molecule has 3 heteroatoms. The molecular formula is C14H14N2O. The van der Waals surface area contributed by atoms with E-state index in [-0.39, 0.29) is 11.8 Å². The molecule has 0 spiro atoms. The molecule has 0 saturated heterocycles. The monoisotopic (exact) mass is 226 g/mol. The lowest BCUT2D eigenvalue weighted by Crippen LogP contribution is -2.35. The van der Waals surface area contributed by atoms with Crippen LogP contribution in [-0.2, 0) is 0 Å². The third-order valence-electron chi connectivity index (χ3n) is 3.38. The first kappa shape index (κ1) is 10.1. The summed E-state index contributed by atoms with van der Waals surface area (Å²) in [6.45, 7) is 2.61. The van der Waals surface area contributed by atoms with Crippen LogP contribution in [-0.4, -0.2) is 17.4 Å². The first-order valence-corrected chi connectivity index (χ1v) is 5.78. The smallest absolute Gasteiger partial charge is 0.253 e. The van der Waals surface area contributed by atoms with E-state index in [2.05, 4.69) is 22.4 Å². The standard InChI is InChI=1S/C14H14N2O/c1-9-13-12(8-15-9)11(7-16-14(13)17)10-5-3-2-4-6-10/h2-6,8,11,15H,7H2,1H3,(H,16,17). The molecule has 2 aromatic rings. The molecule has 17 heavy (non-hydrogen) atoms. The van der Waals surface area contributed by atoms with E-state index in [9.17, 15) is 4.79 Å². The molecule has 0 bridgehead atoms. The molecule has 0 radical (unpaired) electrons. The van der Waals surface area contributed by atoms with Crippen LogP contribution in [0.25, 0.3) is 0 Å². The van der Waals surface area contributed by atoms with Crippen molar-refractivity contribution in [1.29, 1.82) is 0 Å². The van der Waals surface area contributed by atoms with Crippen LogP contribution in [0.1, 0.15) is 33.1 Å². The fourth-order valence-electron chi connectivity index (χ4n) is 2.50. The number of amides is 1. The molecular weight excluding hydrogens is 212 g/mol. The number of aromatic nitrogens is 1. The van der Waals surface area contributed by atoms with Crippen molar-refractivity contribution in [2.45, 2.75) is 12.8 Å². The van der Waals surface area contributed by atoms with Crippen LogP contribution in [0.2, 0.25) is 0 Å². The van der Waals surface area contributed by atoms with E-state index in [0.717, 1.165) is 16.8 Å². The Kier molecular flexibility index (Phi) is 2.25. The van der Waals surface area contributed by atoms with Crippen molar-refractivity contribution in [2.24, 2.45) is 0 Å². The van der Waals surface area contributed by atoms with E-state index in [1.54, 1.807) is 0 Å². The number of fused-ring (bicyclic) bond motifs is 1. The van der Waals surface area contributed by atoms with Crippen molar-refractivity contribution >= 4 is 5.91 Å². The molecule has 2 N–H and O–H groups in total. The van der Waals surface area contributed by atoms with Crippen LogP contribution in [0.4, 0.5) is 0 Å². The number of H-pyrrole nitrogens is 1. The molecule has 1 aromatic heterocycles. The van der Waals surface area contributed by atoms with E-state index in [4.69, 9.17) is 0 Å². The van der Waals surface area contributed by atoms with Crippen LogP contribution in [0.5, 0.6) is 0 Å². The van der Waals surface area contributed by atoms with Gasteiger partial charge in [0.15, 0.2) is 0 Å². The highest BCUT2D eigenvalue weighted by Gasteiger charge is 2.28. The quantitative estimate of drug-likeness (QED) is 0.769. The van der Waals surface area contributed by atoms with Gasteiger partial charge in [-0.3, -0.25) is 4.79 Å². The average Bonchev–Trinajstić information content (AvgIpc) is 2.74. The number of aryl methyl sites for hydroxylation is 1. The zero-order valence-electron chi connectivity index (χ0n) is 9.66. The summed E-state index contributed by atoms with van der Waals surface area (Å²) >= 11 is 0. The molecule has 0 aliphatic carbocycles. The summed E-state index contributed by atoms with van der Waals surface area (Å²) in [6.07, 6.45) is 1.96. The summed E-state index contributed by atoms with van der Waals surface area (Å²) in [4.78, 5) is 15.0. The van der Waals surface area contributed by atoms with Crippen molar-refractivity contribution in [1.82, 2.24) is 10.3 Å². The van der Waals surface area contributed by atoms with Gasteiger partial charge in [-0.2, -0.15) is 0 Å². The van der Waals surface area contributed by atoms with Gasteiger partial charge in [-0.25, -0.2) is 0 Å². The third kappa shape index (κ3) is 1.55. The number of aromatic amines is 1. The second kappa shape index (κ2) is 3.77. The van der Waals surface area contributed by atoms with Gasteiger partial charge in [-0.1, -0.05) is 30.3 Å². The minimum absolute atomic E-state index is 0.0333. The van der Waals surface area contributed by atoms with Crippen LogP contribution in [0, 0.1) is 6.92 Å². The molecule has 3 nitrogen and oxygen atoms in total. The van der Waals surface area contributed by atoms with Gasteiger partial charge < -0.3 is 10.3 Å². The number of benzene rings is 1. The Labute approximate surface area is 99.9 Å². The Hall–Kier alpha value is -2.03. The Morgan fingerprint density at radius 2 is 2.00 bits per heavy atom. The van der Waals surface area contributed by atoms with Gasteiger partial charge in [-0.05, 0) is 18.1 Å². The summed E-state index contributed by atoms with van der Waals surface area (Å²) in [6, 6.07) is 10.3. The SMILES string of the molecule is Cc1[nH]cc2c1C(=O)NCC2c1ccccc1. The number of carbonyl (C=O) groups excluding carboxylic acids is 1. The highest BCUT2D eigenvalue weighted by atomic mass is 16.1. The first-order chi connectivity index (χ1) is 8.27. The van der Waals surface area contributed by atoms with Crippen LogP contribution >= 0.6 is 0 Å². The van der Waals surface area contributed by atoms with E-state index in [0.29, 0.717) is 6.54 Å². The first-order valence-electron chi connectivity index (χ1n) is 5.78. The van der Waals surface area contributed by atoms with Crippen LogP contribution < -0.4 is 5.32 Å². The van der Waals surface area contributed by atoms with Crippen molar-refractivity contribution in [2.75, 3.05) is 6.54 Å². The van der Waals surface area contributed by atoms with Crippen molar-refractivity contribution in [3.8, 4) is 0 Å². The fourth-order valence-corrected chi connectivity index (χ4v) is 2.50. The zero-order valence-corrected chi connectivity index (χ0v) is 9.66. The number of carbonyl (C=O) groups is 1. The van der Waals surface area contributed by atoms with E-state index in [1.165, 1.54) is 5.56 Å². The van der Waals surface area contributed by atoms with Gasteiger partial charge in [0.2, 0.25) is 0 Å². The van der Waals surface area contributed by atoms with E-state index in [1.807, 2.05) is 31.3 Å². The number of nitrogens with one attached hydrogen (secondary N) is 2. The molecule has 0 saturated carbocycles. The van der Waals surface area contributed by atoms with E-state index >= 15 is 0 Å². The van der Waals surface area contributed by atoms with Gasteiger partial charge in [-0.15, -0.1) is 0 Å². The Morgan fingerprint density at radius 1 is 1.24 bits per heavy atom. The van der Waals surface area contributed by atoms with Gasteiger partial charge in [0.05, 0.1) is 5.56 Å². The normalized spacial score (nSPS) is 18.6. The Balaban J connectivity index is 2.10. The molecule has 1 aromatic carbocycles. The van der Waals surface area contributed by atoms with E-state index < -0.39 is 0 Å². The summed E-state index contributed by atoms with van der Waals surface area (Å²) in [7, 11) is 0. The van der Waals surface area contributed by atoms with Gasteiger partial charge >= 0.3 is 0 Å². The summed E-state index contributed by atoms with van der Waals surface area (Å²) < 4.78 is 0. The molecule has 2 heterocycles. The summed E-state index contributed by atoms with van der Waals surface area (Å²) in [5, 5.41) is 2.95. The maximum absolute atomic E-state index is 11.8. The molecule has 1 atom stereocenters. The number of rotatable bonds is 1. The minimum Gasteiger partial charge on any atom is -0.364 e. The lowest BCUT2D eigenvalue weighted by atomic mass is 9.87. The maximum atomic E-state index is 11.8. The zero-order chi connectivity index (χ0) is 11.8. The van der Waals surface area contributed by atoms with Gasteiger partial charge in [0, 0.05) is 24.4 Å². The molecule has 86 valence electrons. The predicted octanol–water partition coefficient (Wildman–Crippen LogP) is 2.20. The molecule has 1 aliphatic rings. The van der Waals surface area contributed by atoms with Crippen molar-refractivity contribution < 1.29 is 4.79 Å². The Bertz CT molecular complexity index is 557. The predicted molar refractivity (Wildman–Crippen MR) is 66.1 cm³/mol. The number of hydrogen-bond donors (Lipinski definition) is 2. The molecule has 3 rings (SSSR count). The lowest BCUT2D eigenvalue weighted by Gasteiger charge is -2.23. The summed E-state index contributed by atoms with van der Waals surface area (Å²) in [5.74, 6) is 0.291. The molecule has 1 amide bonds. The molecule has 1 unspecified atom stereocenters. The fraction of sp³-hybridized carbons (Fsp3) is 0.214. The van der Waals surface area contributed by atoms with Crippen molar-refractivity contribution in [3.63, 3.8) is 0 Å².